The molecule has 0 fully saturated rings. The van der Waals surface area contributed by atoms with E-state index >= 15 is 0 Å². The van der Waals surface area contributed by atoms with Crippen LogP contribution in [0.2, 0.25) is 0 Å². The fraction of sp³-hybridized carbons (Fsp3) is 0.310. The van der Waals surface area contributed by atoms with Crippen LogP contribution in [0, 0.1) is 3.57 Å². The molecule has 3 aromatic rings. The minimum Gasteiger partial charge on any atom is -0.352 e. The largest absolute Gasteiger partial charge is 0.352 e. The topological polar surface area (TPSA) is 86.8 Å². The summed E-state index contributed by atoms with van der Waals surface area (Å²) in [5, 5.41) is 3.03. The molecule has 0 bridgehead atoms. The van der Waals surface area contributed by atoms with Gasteiger partial charge >= 0.3 is 0 Å². The monoisotopic (exact) mass is 647 g/mol. The van der Waals surface area contributed by atoms with Crippen LogP contribution in [0.4, 0.5) is 5.69 Å². The van der Waals surface area contributed by atoms with Gasteiger partial charge < -0.3 is 10.2 Å². The van der Waals surface area contributed by atoms with E-state index in [2.05, 4.69) is 27.9 Å². The first-order valence-corrected chi connectivity index (χ1v) is 15.4. The van der Waals surface area contributed by atoms with Crippen molar-refractivity contribution in [3.8, 4) is 0 Å². The Morgan fingerprint density at radius 2 is 1.45 bits per heavy atom. The zero-order valence-electron chi connectivity index (χ0n) is 21.9. The number of anilines is 1. The fourth-order valence-corrected chi connectivity index (χ4v) is 5.21. The Kier molecular flexibility index (Phi) is 10.7. The van der Waals surface area contributed by atoms with Crippen molar-refractivity contribution in [3.05, 3.63) is 99.6 Å². The van der Waals surface area contributed by atoms with Gasteiger partial charge in [0.2, 0.25) is 21.8 Å². The first-order valence-electron chi connectivity index (χ1n) is 12.5. The van der Waals surface area contributed by atoms with Gasteiger partial charge in [-0.05, 0) is 71.3 Å². The van der Waals surface area contributed by atoms with Crippen LogP contribution in [0.5, 0.6) is 0 Å². The van der Waals surface area contributed by atoms with Gasteiger partial charge in [0, 0.05) is 22.6 Å². The maximum Gasteiger partial charge on any atom is 0.244 e. The molecule has 0 saturated carbocycles. The summed E-state index contributed by atoms with van der Waals surface area (Å²) in [7, 11) is -3.78. The summed E-state index contributed by atoms with van der Waals surface area (Å²) in [6.07, 6.45) is 2.12. The Labute approximate surface area is 239 Å². The second kappa shape index (κ2) is 13.7. The molecule has 0 saturated heterocycles. The highest BCUT2D eigenvalue weighted by Crippen LogP contribution is 2.21. The molecule has 38 heavy (non-hydrogen) atoms. The van der Waals surface area contributed by atoms with E-state index < -0.39 is 28.5 Å². The Morgan fingerprint density at radius 1 is 0.895 bits per heavy atom. The van der Waals surface area contributed by atoms with Gasteiger partial charge in [-0.3, -0.25) is 13.9 Å². The summed E-state index contributed by atoms with van der Waals surface area (Å²) in [5.41, 5.74) is 2.14. The molecule has 0 spiro atoms. The molecule has 1 N–H and O–H groups in total. The molecule has 3 aromatic carbocycles. The van der Waals surface area contributed by atoms with Crippen molar-refractivity contribution in [2.45, 2.75) is 45.3 Å². The molecule has 0 heterocycles. The molecule has 2 amide bonds. The molecule has 3 rings (SSSR count). The van der Waals surface area contributed by atoms with Gasteiger partial charge in [-0.2, -0.15) is 0 Å². The van der Waals surface area contributed by atoms with Gasteiger partial charge in [-0.1, -0.05) is 67.6 Å². The van der Waals surface area contributed by atoms with Crippen LogP contribution in [-0.4, -0.2) is 50.0 Å². The van der Waals surface area contributed by atoms with Crippen molar-refractivity contribution in [1.29, 1.82) is 0 Å². The van der Waals surface area contributed by atoms with Crippen molar-refractivity contribution in [3.63, 3.8) is 0 Å². The molecular weight excluding hydrogens is 613 g/mol. The third kappa shape index (κ3) is 8.56. The number of hydrogen-bond acceptors (Lipinski definition) is 4. The summed E-state index contributed by atoms with van der Waals surface area (Å²) in [6.45, 7) is 3.64. The van der Waals surface area contributed by atoms with Crippen LogP contribution >= 0.6 is 22.6 Å². The maximum absolute atomic E-state index is 14.0. The second-order valence-corrected chi connectivity index (χ2v) is 12.4. The average molecular weight is 648 g/mol. The number of carbonyl (C=O) groups is 2. The number of nitrogens with one attached hydrogen (secondary N) is 1. The van der Waals surface area contributed by atoms with E-state index in [1.54, 1.807) is 24.3 Å². The smallest absolute Gasteiger partial charge is 0.244 e. The highest BCUT2D eigenvalue weighted by molar-refractivity contribution is 14.1. The van der Waals surface area contributed by atoms with E-state index in [0.29, 0.717) is 12.1 Å². The molecule has 0 aromatic heterocycles. The molecule has 0 aliphatic carbocycles. The fourth-order valence-electron chi connectivity index (χ4n) is 4.00. The second-order valence-electron chi connectivity index (χ2n) is 9.28. The number of rotatable bonds is 12. The number of sulfonamides is 1. The Balaban J connectivity index is 2.03. The molecule has 0 aliphatic rings. The van der Waals surface area contributed by atoms with Gasteiger partial charge in [0.25, 0.3) is 0 Å². The van der Waals surface area contributed by atoms with Gasteiger partial charge in [0.1, 0.15) is 12.6 Å². The van der Waals surface area contributed by atoms with E-state index in [4.69, 9.17) is 0 Å². The van der Waals surface area contributed by atoms with Crippen LogP contribution in [0.25, 0.3) is 0 Å². The van der Waals surface area contributed by atoms with Crippen molar-refractivity contribution in [2.75, 3.05) is 17.1 Å². The standard InChI is InChI=1S/C29H34IN3O4S/c1-4-22(2)31-29(35)27(19-23-11-7-5-8-12-23)32(20-24-13-9-6-10-14-24)28(34)21-33(38(3,36)37)26-17-15-25(30)16-18-26/h5-18,22,27H,4,19-21H2,1-3H3,(H,31,35)/t22-,27-/m0/s1. The molecule has 0 unspecified atom stereocenters. The van der Waals surface area contributed by atoms with Crippen LogP contribution in [0.15, 0.2) is 84.9 Å². The zero-order chi connectivity index (χ0) is 27.7. The molecule has 2 atom stereocenters. The first kappa shape index (κ1) is 29.6. The number of amides is 2. The van der Waals surface area contributed by atoms with Crippen molar-refractivity contribution < 1.29 is 18.0 Å². The number of nitrogens with zero attached hydrogens (tertiary/aromatic N) is 2. The number of halogens is 1. The summed E-state index contributed by atoms with van der Waals surface area (Å²) >= 11 is 2.14. The van der Waals surface area contributed by atoms with Gasteiger partial charge in [0.05, 0.1) is 11.9 Å². The lowest BCUT2D eigenvalue weighted by Gasteiger charge is -2.34. The third-order valence-electron chi connectivity index (χ3n) is 6.26. The Hall–Kier alpha value is -2.92. The summed E-state index contributed by atoms with van der Waals surface area (Å²) < 4.78 is 27.6. The Morgan fingerprint density at radius 3 is 1.97 bits per heavy atom. The van der Waals surface area contributed by atoms with E-state index in [9.17, 15) is 18.0 Å². The minimum absolute atomic E-state index is 0.0752. The number of hydrogen-bond donors (Lipinski definition) is 1. The zero-order valence-corrected chi connectivity index (χ0v) is 24.9. The van der Waals surface area contributed by atoms with Crippen LogP contribution < -0.4 is 9.62 Å². The summed E-state index contributed by atoms with van der Waals surface area (Å²) in [5.74, 6) is -0.731. The van der Waals surface area contributed by atoms with Crippen molar-refractivity contribution in [2.24, 2.45) is 0 Å². The summed E-state index contributed by atoms with van der Waals surface area (Å²) in [6, 6.07) is 25.0. The number of benzene rings is 3. The van der Waals surface area contributed by atoms with E-state index in [1.165, 1.54) is 4.90 Å². The summed E-state index contributed by atoms with van der Waals surface area (Å²) in [4.78, 5) is 29.1. The van der Waals surface area contributed by atoms with Gasteiger partial charge in [-0.15, -0.1) is 0 Å². The molecule has 9 heteroatoms. The minimum atomic E-state index is -3.78. The van der Waals surface area contributed by atoms with Crippen LogP contribution in [0.3, 0.4) is 0 Å². The highest BCUT2D eigenvalue weighted by Gasteiger charge is 2.33. The molecule has 0 radical (unpaired) electrons. The predicted octanol–water partition coefficient (Wildman–Crippen LogP) is 4.61. The average Bonchev–Trinajstić information content (AvgIpc) is 2.90. The normalized spacial score (nSPS) is 12.8. The quantitative estimate of drug-likeness (QED) is 0.291. The third-order valence-corrected chi connectivity index (χ3v) is 8.12. The SMILES string of the molecule is CC[C@H](C)NC(=O)[C@H](Cc1ccccc1)N(Cc1ccccc1)C(=O)CN(c1ccc(I)cc1)S(C)(=O)=O. The molecule has 202 valence electrons. The van der Waals surface area contributed by atoms with Crippen LogP contribution in [0.1, 0.15) is 31.4 Å². The van der Waals surface area contributed by atoms with E-state index in [1.807, 2.05) is 74.5 Å². The lowest BCUT2D eigenvalue weighted by atomic mass is 10.0. The lowest BCUT2D eigenvalue weighted by Crippen LogP contribution is -2.54. The molecule has 0 aliphatic heterocycles. The van der Waals surface area contributed by atoms with E-state index in [-0.39, 0.29) is 18.5 Å². The lowest BCUT2D eigenvalue weighted by molar-refractivity contribution is -0.140. The van der Waals surface area contributed by atoms with Gasteiger partial charge in [0.15, 0.2) is 0 Å². The van der Waals surface area contributed by atoms with Gasteiger partial charge in [-0.25, -0.2) is 8.42 Å². The van der Waals surface area contributed by atoms with Crippen LogP contribution in [-0.2, 0) is 32.6 Å². The van der Waals surface area contributed by atoms with Crippen molar-refractivity contribution in [1.82, 2.24) is 10.2 Å². The predicted molar refractivity (Wildman–Crippen MR) is 160 cm³/mol. The highest BCUT2D eigenvalue weighted by atomic mass is 127. The molecular formula is C29H34IN3O4S. The first-order chi connectivity index (χ1) is 18.1. The molecule has 7 nitrogen and oxygen atoms in total. The van der Waals surface area contributed by atoms with E-state index in [0.717, 1.165) is 31.7 Å². The maximum atomic E-state index is 14.0. The van der Waals surface area contributed by atoms with Crippen molar-refractivity contribution >= 4 is 50.1 Å². The Bertz CT molecular complexity index is 1300. The number of carbonyl (C=O) groups excluding carboxylic acids is 2.